The number of hydrogen-bond donors (Lipinski definition) is 1. The van der Waals surface area contributed by atoms with Gasteiger partial charge in [0.15, 0.2) is 0 Å². The molecule has 21 heavy (non-hydrogen) atoms. The summed E-state index contributed by atoms with van der Waals surface area (Å²) in [4.78, 5) is 19.0. The van der Waals surface area contributed by atoms with Crippen molar-refractivity contribution in [3.63, 3.8) is 0 Å². The number of aromatic nitrogens is 1. The second-order valence-corrected chi connectivity index (χ2v) is 5.36. The average molecular weight is 281 g/mol. The number of amides is 1. The van der Waals surface area contributed by atoms with Gasteiger partial charge in [-0.15, -0.1) is 0 Å². The zero-order valence-corrected chi connectivity index (χ0v) is 12.3. The van der Waals surface area contributed by atoms with Gasteiger partial charge in [-0.05, 0) is 37.5 Å². The Hall–Kier alpha value is -2.36. The number of benzene rings is 1. The minimum Gasteiger partial charge on any atom is -0.386 e. The zero-order valence-electron chi connectivity index (χ0n) is 12.3. The molecule has 1 unspecified atom stereocenters. The first-order chi connectivity index (χ1) is 10.2. The molecule has 0 fully saturated rings. The van der Waals surface area contributed by atoms with Crippen LogP contribution in [0.1, 0.15) is 29.3 Å². The molecule has 2 aromatic rings. The van der Waals surface area contributed by atoms with Gasteiger partial charge in [0, 0.05) is 25.0 Å². The van der Waals surface area contributed by atoms with Crippen LogP contribution >= 0.6 is 0 Å². The van der Waals surface area contributed by atoms with Gasteiger partial charge in [-0.25, -0.2) is 0 Å². The summed E-state index contributed by atoms with van der Waals surface area (Å²) in [5, 5.41) is 3.04. The molecule has 0 aliphatic carbocycles. The molecule has 1 aliphatic heterocycles. The zero-order chi connectivity index (χ0) is 14.8. The summed E-state index contributed by atoms with van der Waals surface area (Å²) in [6.07, 6.45) is 5.36. The quantitative estimate of drug-likeness (QED) is 0.920. The lowest BCUT2D eigenvalue weighted by Crippen LogP contribution is -2.42. The minimum atomic E-state index is 0.0291. The Kier molecular flexibility index (Phi) is 3.60. The van der Waals surface area contributed by atoms with E-state index in [0.29, 0.717) is 5.56 Å². The minimum absolute atomic E-state index is 0.0291. The van der Waals surface area contributed by atoms with Crippen LogP contribution in [0.2, 0.25) is 0 Å². The number of nitrogens with one attached hydrogen (secondary N) is 1. The molecule has 1 aliphatic rings. The first-order valence-corrected chi connectivity index (χ1v) is 7.25. The Morgan fingerprint density at radius 2 is 2.14 bits per heavy atom. The lowest BCUT2D eigenvalue weighted by molar-refractivity contribution is 0.0976. The third kappa shape index (κ3) is 2.37. The van der Waals surface area contributed by atoms with E-state index in [0.717, 1.165) is 24.2 Å². The smallest absolute Gasteiger partial charge is 0.260 e. The van der Waals surface area contributed by atoms with Crippen molar-refractivity contribution in [3.8, 4) is 0 Å². The maximum atomic E-state index is 13.0. The lowest BCUT2D eigenvalue weighted by atomic mass is 9.95. The molecule has 0 spiro atoms. The second-order valence-electron chi connectivity index (χ2n) is 5.36. The van der Waals surface area contributed by atoms with Crippen LogP contribution < -0.4 is 10.2 Å². The highest BCUT2D eigenvalue weighted by Gasteiger charge is 2.29. The molecule has 1 atom stereocenters. The van der Waals surface area contributed by atoms with Crippen LogP contribution in [-0.4, -0.2) is 24.0 Å². The second kappa shape index (κ2) is 5.56. The molecular formula is C17H19N3O. The van der Waals surface area contributed by atoms with Crippen LogP contribution in [0.25, 0.3) is 0 Å². The third-order valence-corrected chi connectivity index (χ3v) is 4.06. The standard InChI is InChI=1S/C17H19N3O/c1-12-7-8-13-5-3-4-6-16(13)20(12)17(21)14-9-10-19-11-15(14)18-2/h3-6,9-12,18H,7-8H2,1-2H3. The van der Waals surface area contributed by atoms with Gasteiger partial charge in [-0.1, -0.05) is 18.2 Å². The number of carbonyl (C=O) groups is 1. The van der Waals surface area contributed by atoms with E-state index in [1.54, 1.807) is 25.5 Å². The van der Waals surface area contributed by atoms with E-state index < -0.39 is 0 Å². The van der Waals surface area contributed by atoms with E-state index in [4.69, 9.17) is 0 Å². The molecule has 4 heteroatoms. The molecule has 0 saturated carbocycles. The molecule has 0 radical (unpaired) electrons. The van der Waals surface area contributed by atoms with Gasteiger partial charge < -0.3 is 10.2 Å². The van der Waals surface area contributed by atoms with Crippen molar-refractivity contribution >= 4 is 17.3 Å². The fourth-order valence-corrected chi connectivity index (χ4v) is 2.91. The van der Waals surface area contributed by atoms with Crippen molar-refractivity contribution in [1.29, 1.82) is 0 Å². The number of rotatable bonds is 2. The van der Waals surface area contributed by atoms with E-state index >= 15 is 0 Å². The fraction of sp³-hybridized carbons (Fsp3) is 0.294. The van der Waals surface area contributed by atoms with Crippen LogP contribution in [0.3, 0.4) is 0 Å². The molecule has 1 N–H and O–H groups in total. The predicted octanol–water partition coefficient (Wildman–Crippen LogP) is 3.10. The highest BCUT2D eigenvalue weighted by molar-refractivity contribution is 6.10. The van der Waals surface area contributed by atoms with Gasteiger partial charge in [0.2, 0.25) is 0 Å². The predicted molar refractivity (Wildman–Crippen MR) is 84.8 cm³/mol. The highest BCUT2D eigenvalue weighted by atomic mass is 16.2. The molecule has 1 amide bonds. The summed E-state index contributed by atoms with van der Waals surface area (Å²) in [6, 6.07) is 10.1. The average Bonchev–Trinajstić information content (AvgIpc) is 2.54. The maximum Gasteiger partial charge on any atom is 0.260 e. The van der Waals surface area contributed by atoms with Gasteiger partial charge in [0.1, 0.15) is 0 Å². The van der Waals surface area contributed by atoms with E-state index in [1.807, 2.05) is 23.1 Å². The van der Waals surface area contributed by atoms with E-state index in [2.05, 4.69) is 23.3 Å². The molecule has 1 aromatic heterocycles. The van der Waals surface area contributed by atoms with Crippen molar-refractivity contribution in [2.75, 3.05) is 17.3 Å². The fourth-order valence-electron chi connectivity index (χ4n) is 2.91. The summed E-state index contributed by atoms with van der Waals surface area (Å²) >= 11 is 0. The monoisotopic (exact) mass is 281 g/mol. The molecule has 0 saturated heterocycles. The first kappa shape index (κ1) is 13.6. The van der Waals surface area contributed by atoms with Crippen LogP contribution in [0.5, 0.6) is 0 Å². The van der Waals surface area contributed by atoms with Crippen molar-refractivity contribution in [2.24, 2.45) is 0 Å². The Balaban J connectivity index is 2.05. The van der Waals surface area contributed by atoms with E-state index in [1.165, 1.54) is 5.56 Å². The largest absolute Gasteiger partial charge is 0.386 e. The molecular weight excluding hydrogens is 262 g/mol. The Bertz CT molecular complexity index is 669. The lowest BCUT2D eigenvalue weighted by Gasteiger charge is -2.35. The first-order valence-electron chi connectivity index (χ1n) is 7.25. The molecule has 0 bridgehead atoms. The Morgan fingerprint density at radius 1 is 1.33 bits per heavy atom. The number of hydrogen-bond acceptors (Lipinski definition) is 3. The van der Waals surface area contributed by atoms with Gasteiger partial charge in [-0.2, -0.15) is 0 Å². The summed E-state index contributed by atoms with van der Waals surface area (Å²) in [6.45, 7) is 2.11. The number of para-hydroxylation sites is 1. The third-order valence-electron chi connectivity index (χ3n) is 4.06. The van der Waals surface area contributed by atoms with Gasteiger partial charge in [-0.3, -0.25) is 9.78 Å². The van der Waals surface area contributed by atoms with Crippen LogP contribution in [-0.2, 0) is 6.42 Å². The van der Waals surface area contributed by atoms with Gasteiger partial charge in [0.25, 0.3) is 5.91 Å². The molecule has 108 valence electrons. The molecule has 3 rings (SSSR count). The highest BCUT2D eigenvalue weighted by Crippen LogP contribution is 2.32. The topological polar surface area (TPSA) is 45.2 Å². The molecule has 1 aromatic carbocycles. The number of pyridine rings is 1. The van der Waals surface area contributed by atoms with E-state index in [9.17, 15) is 4.79 Å². The Morgan fingerprint density at radius 3 is 2.95 bits per heavy atom. The van der Waals surface area contributed by atoms with Crippen molar-refractivity contribution in [2.45, 2.75) is 25.8 Å². The van der Waals surface area contributed by atoms with Gasteiger partial charge in [0.05, 0.1) is 17.4 Å². The summed E-state index contributed by atoms with van der Waals surface area (Å²) in [7, 11) is 1.81. The van der Waals surface area contributed by atoms with Crippen molar-refractivity contribution in [3.05, 3.63) is 53.9 Å². The summed E-state index contributed by atoms with van der Waals surface area (Å²) in [5.74, 6) is 0.0291. The number of carbonyl (C=O) groups excluding carboxylic acids is 1. The number of nitrogens with zero attached hydrogens (tertiary/aromatic N) is 2. The van der Waals surface area contributed by atoms with Crippen LogP contribution in [0.4, 0.5) is 11.4 Å². The van der Waals surface area contributed by atoms with Crippen molar-refractivity contribution in [1.82, 2.24) is 4.98 Å². The maximum absolute atomic E-state index is 13.0. The normalized spacial score (nSPS) is 17.2. The Labute approximate surface area is 124 Å². The molecule has 4 nitrogen and oxygen atoms in total. The molecule has 2 heterocycles. The van der Waals surface area contributed by atoms with Crippen molar-refractivity contribution < 1.29 is 4.79 Å². The van der Waals surface area contributed by atoms with E-state index in [-0.39, 0.29) is 11.9 Å². The number of anilines is 2. The van der Waals surface area contributed by atoms with Gasteiger partial charge >= 0.3 is 0 Å². The van der Waals surface area contributed by atoms with Crippen LogP contribution in [0, 0.1) is 0 Å². The SMILES string of the molecule is CNc1cnccc1C(=O)N1c2ccccc2CCC1C. The summed E-state index contributed by atoms with van der Waals surface area (Å²) in [5.41, 5.74) is 3.69. The number of aryl methyl sites for hydroxylation is 1. The summed E-state index contributed by atoms with van der Waals surface area (Å²) < 4.78 is 0. The van der Waals surface area contributed by atoms with Crippen LogP contribution in [0.15, 0.2) is 42.7 Å². The number of fused-ring (bicyclic) bond motifs is 1.